The van der Waals surface area contributed by atoms with Crippen molar-refractivity contribution >= 4 is 27.7 Å². The summed E-state index contributed by atoms with van der Waals surface area (Å²) in [4.78, 5) is 26.2. The number of fused-ring (bicyclic) bond motifs is 1. The van der Waals surface area contributed by atoms with E-state index in [1.165, 1.54) is 11.3 Å². The van der Waals surface area contributed by atoms with Gasteiger partial charge in [0.2, 0.25) is 0 Å². The number of rotatable bonds is 1. The Morgan fingerprint density at radius 1 is 1.06 bits per heavy atom. The van der Waals surface area contributed by atoms with E-state index in [1.54, 1.807) is 12.1 Å². The van der Waals surface area contributed by atoms with Gasteiger partial charge in [0.15, 0.2) is 0 Å². The first kappa shape index (κ1) is 11.9. The minimum Gasteiger partial charge on any atom is -0.271 e. The Morgan fingerprint density at radius 3 is 2.44 bits per heavy atom. The van der Waals surface area contributed by atoms with Gasteiger partial charge in [-0.3, -0.25) is 14.5 Å². The van der Waals surface area contributed by atoms with Crippen LogP contribution in [0.1, 0.15) is 52.8 Å². The molecule has 1 aliphatic carbocycles. The summed E-state index contributed by atoms with van der Waals surface area (Å²) in [6.45, 7) is 0. The van der Waals surface area contributed by atoms with E-state index in [9.17, 15) is 9.59 Å². The molecule has 1 heterocycles. The minimum atomic E-state index is -0.130. The van der Waals surface area contributed by atoms with Crippen molar-refractivity contribution < 1.29 is 9.59 Å². The standard InChI is InChI=1S/C14H14BrNO2/c15-11-8-4-7-10-12(11)14(18)16(13(10)17)9-5-2-1-3-6-9/h4,7-9H,1-3,5-6H2. The van der Waals surface area contributed by atoms with Crippen molar-refractivity contribution in [2.24, 2.45) is 0 Å². The van der Waals surface area contributed by atoms with Crippen LogP contribution >= 0.6 is 15.9 Å². The second-order valence-corrected chi connectivity index (χ2v) is 5.79. The van der Waals surface area contributed by atoms with E-state index in [1.807, 2.05) is 6.07 Å². The maximum atomic E-state index is 12.4. The summed E-state index contributed by atoms with van der Waals surface area (Å²) in [6.07, 6.45) is 5.33. The van der Waals surface area contributed by atoms with Crippen LogP contribution in [0.15, 0.2) is 22.7 Å². The molecule has 0 N–H and O–H groups in total. The number of hydrogen-bond donors (Lipinski definition) is 0. The van der Waals surface area contributed by atoms with Gasteiger partial charge in [0.25, 0.3) is 11.8 Å². The summed E-state index contributed by atoms with van der Waals surface area (Å²) >= 11 is 3.37. The zero-order chi connectivity index (χ0) is 12.7. The molecule has 18 heavy (non-hydrogen) atoms. The SMILES string of the molecule is O=C1c2cccc(Br)c2C(=O)N1C1CCCCC1. The average molecular weight is 308 g/mol. The third-order valence-corrected chi connectivity index (χ3v) is 4.50. The van der Waals surface area contributed by atoms with E-state index in [0.29, 0.717) is 11.1 Å². The number of amides is 2. The number of imide groups is 1. The number of hydrogen-bond acceptors (Lipinski definition) is 2. The lowest BCUT2D eigenvalue weighted by molar-refractivity contribution is 0.0548. The van der Waals surface area contributed by atoms with E-state index >= 15 is 0 Å². The average Bonchev–Trinajstić information content (AvgIpc) is 2.64. The molecule has 3 nitrogen and oxygen atoms in total. The molecule has 94 valence electrons. The van der Waals surface area contributed by atoms with Crippen LogP contribution in [0.4, 0.5) is 0 Å². The van der Waals surface area contributed by atoms with Gasteiger partial charge in [0, 0.05) is 10.5 Å². The number of carbonyl (C=O) groups excluding carboxylic acids is 2. The molecule has 4 heteroatoms. The van der Waals surface area contributed by atoms with Crippen LogP contribution in [0.2, 0.25) is 0 Å². The largest absolute Gasteiger partial charge is 0.271 e. The normalized spacial score (nSPS) is 20.4. The van der Waals surface area contributed by atoms with E-state index in [2.05, 4.69) is 15.9 Å². The van der Waals surface area contributed by atoms with Crippen LogP contribution in [-0.4, -0.2) is 22.8 Å². The number of nitrogens with zero attached hydrogens (tertiary/aromatic N) is 1. The molecule has 1 aromatic rings. The van der Waals surface area contributed by atoms with Crippen LogP contribution < -0.4 is 0 Å². The van der Waals surface area contributed by atoms with Gasteiger partial charge in [0.05, 0.1) is 11.1 Å². The van der Waals surface area contributed by atoms with Gasteiger partial charge in [-0.15, -0.1) is 0 Å². The lowest BCUT2D eigenvalue weighted by atomic mass is 9.94. The molecular weight excluding hydrogens is 294 g/mol. The van der Waals surface area contributed by atoms with Gasteiger partial charge in [-0.25, -0.2) is 0 Å². The maximum absolute atomic E-state index is 12.4. The van der Waals surface area contributed by atoms with E-state index in [4.69, 9.17) is 0 Å². The Bertz CT molecular complexity index is 521. The van der Waals surface area contributed by atoms with E-state index in [0.717, 1.165) is 30.2 Å². The molecule has 0 bridgehead atoms. The van der Waals surface area contributed by atoms with Crippen molar-refractivity contribution in [3.8, 4) is 0 Å². The fourth-order valence-corrected chi connectivity index (χ4v) is 3.47. The molecule has 1 saturated carbocycles. The summed E-state index contributed by atoms with van der Waals surface area (Å²) in [6, 6.07) is 5.45. The highest BCUT2D eigenvalue weighted by Crippen LogP contribution is 2.34. The van der Waals surface area contributed by atoms with E-state index < -0.39 is 0 Å². The van der Waals surface area contributed by atoms with Crippen molar-refractivity contribution in [3.05, 3.63) is 33.8 Å². The molecule has 0 unspecified atom stereocenters. The second-order valence-electron chi connectivity index (χ2n) is 4.93. The number of halogens is 1. The molecule has 0 saturated heterocycles. The third-order valence-electron chi connectivity index (χ3n) is 3.84. The van der Waals surface area contributed by atoms with E-state index in [-0.39, 0.29) is 17.9 Å². The quantitative estimate of drug-likeness (QED) is 0.746. The molecule has 0 atom stereocenters. The Labute approximate surface area is 114 Å². The van der Waals surface area contributed by atoms with Gasteiger partial charge in [-0.2, -0.15) is 0 Å². The molecule has 1 aromatic carbocycles. The molecule has 0 radical (unpaired) electrons. The van der Waals surface area contributed by atoms with Crippen molar-refractivity contribution in [2.75, 3.05) is 0 Å². The molecule has 0 spiro atoms. The lowest BCUT2D eigenvalue weighted by Crippen LogP contribution is -2.40. The van der Waals surface area contributed by atoms with Gasteiger partial charge < -0.3 is 0 Å². The fraction of sp³-hybridized carbons (Fsp3) is 0.429. The predicted molar refractivity (Wildman–Crippen MR) is 71.5 cm³/mol. The monoisotopic (exact) mass is 307 g/mol. The molecular formula is C14H14BrNO2. The first-order chi connectivity index (χ1) is 8.70. The smallest absolute Gasteiger partial charge is 0.262 e. The summed E-state index contributed by atoms with van der Waals surface area (Å²) in [5.74, 6) is -0.252. The molecule has 2 amide bonds. The molecule has 0 aromatic heterocycles. The Morgan fingerprint density at radius 2 is 1.78 bits per heavy atom. The lowest BCUT2D eigenvalue weighted by Gasteiger charge is -2.29. The highest BCUT2D eigenvalue weighted by atomic mass is 79.9. The molecule has 1 fully saturated rings. The third kappa shape index (κ3) is 1.70. The van der Waals surface area contributed by atoms with Crippen LogP contribution in [0.3, 0.4) is 0 Å². The first-order valence-electron chi connectivity index (χ1n) is 6.36. The minimum absolute atomic E-state index is 0.0954. The predicted octanol–water partition coefficient (Wildman–Crippen LogP) is 3.38. The van der Waals surface area contributed by atoms with Crippen LogP contribution in [0.5, 0.6) is 0 Å². The van der Waals surface area contributed by atoms with Crippen LogP contribution in [0, 0.1) is 0 Å². The highest BCUT2D eigenvalue weighted by molar-refractivity contribution is 9.10. The van der Waals surface area contributed by atoms with Crippen LogP contribution in [0.25, 0.3) is 0 Å². The Balaban J connectivity index is 1.99. The van der Waals surface area contributed by atoms with Crippen molar-refractivity contribution in [2.45, 2.75) is 38.1 Å². The zero-order valence-electron chi connectivity index (χ0n) is 9.99. The van der Waals surface area contributed by atoms with Crippen molar-refractivity contribution in [1.29, 1.82) is 0 Å². The molecule has 2 aliphatic rings. The van der Waals surface area contributed by atoms with Crippen molar-refractivity contribution in [3.63, 3.8) is 0 Å². The van der Waals surface area contributed by atoms with Gasteiger partial charge in [-0.1, -0.05) is 25.3 Å². The summed E-state index contributed by atoms with van der Waals surface area (Å²) in [5, 5.41) is 0. The van der Waals surface area contributed by atoms with Gasteiger partial charge >= 0.3 is 0 Å². The Kier molecular flexibility index (Phi) is 2.98. The highest BCUT2D eigenvalue weighted by Gasteiger charge is 2.41. The van der Waals surface area contributed by atoms with Gasteiger partial charge in [-0.05, 0) is 40.9 Å². The zero-order valence-corrected chi connectivity index (χ0v) is 11.6. The summed E-state index contributed by atoms with van der Waals surface area (Å²) in [7, 11) is 0. The fourth-order valence-electron chi connectivity index (χ4n) is 2.93. The maximum Gasteiger partial charge on any atom is 0.262 e. The second kappa shape index (κ2) is 4.50. The molecule has 1 aliphatic heterocycles. The summed E-state index contributed by atoms with van der Waals surface area (Å²) in [5.41, 5.74) is 1.08. The van der Waals surface area contributed by atoms with Crippen molar-refractivity contribution in [1.82, 2.24) is 4.90 Å². The van der Waals surface area contributed by atoms with Gasteiger partial charge in [0.1, 0.15) is 0 Å². The first-order valence-corrected chi connectivity index (χ1v) is 7.16. The molecule has 3 rings (SSSR count). The van der Waals surface area contributed by atoms with Crippen LogP contribution in [-0.2, 0) is 0 Å². The topological polar surface area (TPSA) is 37.4 Å². The Hall–Kier alpha value is -1.16. The summed E-state index contributed by atoms with van der Waals surface area (Å²) < 4.78 is 0.719. The number of benzene rings is 1. The number of carbonyl (C=O) groups is 2.